The fourth-order valence-corrected chi connectivity index (χ4v) is 5.10. The van der Waals surface area contributed by atoms with Crippen LogP contribution >= 0.6 is 0 Å². The minimum absolute atomic E-state index is 0.237. The van der Waals surface area contributed by atoms with Gasteiger partial charge in [0.05, 0.1) is 13.2 Å². The zero-order valence-corrected chi connectivity index (χ0v) is 20.3. The van der Waals surface area contributed by atoms with Crippen molar-refractivity contribution in [3.63, 3.8) is 0 Å². The summed E-state index contributed by atoms with van der Waals surface area (Å²) >= 11 is 0. The van der Waals surface area contributed by atoms with Gasteiger partial charge in [0.15, 0.2) is 0 Å². The van der Waals surface area contributed by atoms with E-state index in [1.807, 2.05) is 12.1 Å². The maximum atomic E-state index is 14.9. The number of fused-ring (bicyclic) bond motifs is 1. The van der Waals surface area contributed by atoms with Gasteiger partial charge in [0.1, 0.15) is 22.9 Å². The van der Waals surface area contributed by atoms with Crippen molar-refractivity contribution in [3.8, 4) is 16.9 Å². The highest BCUT2D eigenvalue weighted by molar-refractivity contribution is 5.95. The number of hydrogen-bond donors (Lipinski definition) is 0. The number of likely N-dealkylation sites (N-methyl/N-ethyl adjacent to an activating group) is 1. The number of nitrogens with zero attached hydrogens (tertiary/aromatic N) is 2. The summed E-state index contributed by atoms with van der Waals surface area (Å²) in [6.45, 7) is 2.85. The van der Waals surface area contributed by atoms with E-state index in [0.29, 0.717) is 17.7 Å². The predicted octanol–water partition coefficient (Wildman–Crippen LogP) is 4.60. The highest BCUT2D eigenvalue weighted by atomic mass is 19.1. The van der Waals surface area contributed by atoms with Crippen LogP contribution in [0.2, 0.25) is 0 Å². The molecular formula is C27H32F2N2O4. The van der Waals surface area contributed by atoms with E-state index in [2.05, 4.69) is 4.90 Å². The van der Waals surface area contributed by atoms with Gasteiger partial charge >= 0.3 is 0 Å². The van der Waals surface area contributed by atoms with E-state index >= 15 is 0 Å². The lowest BCUT2D eigenvalue weighted by atomic mass is 9.89. The standard InChI is InChI=1S/C27H32F2N2O4/c1-30(12-13-33-2)26(32)25-22(28)15-19(16-23(25)29)18-6-7-24-20(14-18)17-34-27(35-24)8-10-31(11-9-27)21-4-3-5-21/h6-7,14-16,21H,3-5,8-13,17H2,1-2H3. The van der Waals surface area contributed by atoms with Crippen LogP contribution in [-0.2, 0) is 16.1 Å². The first-order chi connectivity index (χ1) is 16.9. The lowest BCUT2D eigenvalue weighted by molar-refractivity contribution is -0.231. The molecule has 1 spiro atoms. The zero-order chi connectivity index (χ0) is 24.6. The molecule has 0 radical (unpaired) electrons. The number of rotatable bonds is 6. The molecule has 0 bridgehead atoms. The van der Waals surface area contributed by atoms with Crippen molar-refractivity contribution in [1.82, 2.24) is 9.80 Å². The summed E-state index contributed by atoms with van der Waals surface area (Å²) in [6.07, 6.45) is 5.57. The molecule has 2 aliphatic heterocycles. The molecule has 35 heavy (non-hydrogen) atoms. The summed E-state index contributed by atoms with van der Waals surface area (Å²) in [5.74, 6) is -2.34. The van der Waals surface area contributed by atoms with Gasteiger partial charge in [-0.25, -0.2) is 8.78 Å². The van der Waals surface area contributed by atoms with Crippen molar-refractivity contribution in [3.05, 3.63) is 53.1 Å². The molecule has 5 rings (SSSR count). The largest absolute Gasteiger partial charge is 0.462 e. The molecule has 1 saturated heterocycles. The molecule has 0 unspecified atom stereocenters. The third kappa shape index (κ3) is 4.79. The number of ether oxygens (including phenoxy) is 3. The van der Waals surface area contributed by atoms with Crippen LogP contribution in [0.4, 0.5) is 8.78 Å². The van der Waals surface area contributed by atoms with E-state index in [0.717, 1.165) is 43.3 Å². The molecule has 8 heteroatoms. The van der Waals surface area contributed by atoms with Gasteiger partial charge in [-0.05, 0) is 48.2 Å². The molecule has 2 aromatic rings. The van der Waals surface area contributed by atoms with E-state index < -0.39 is 28.9 Å². The Morgan fingerprint density at radius 3 is 2.49 bits per heavy atom. The summed E-state index contributed by atoms with van der Waals surface area (Å²) < 4.78 is 47.2. The molecule has 1 amide bonds. The predicted molar refractivity (Wildman–Crippen MR) is 127 cm³/mol. The second-order valence-corrected chi connectivity index (χ2v) is 9.78. The average molecular weight is 487 g/mol. The number of hydrogen-bond acceptors (Lipinski definition) is 5. The topological polar surface area (TPSA) is 51.2 Å². The first-order valence-electron chi connectivity index (χ1n) is 12.3. The Hall–Kier alpha value is -2.55. The van der Waals surface area contributed by atoms with Crippen molar-refractivity contribution in [2.45, 2.75) is 50.5 Å². The normalized spacial score (nSPS) is 19.7. The smallest absolute Gasteiger partial charge is 0.259 e. The minimum atomic E-state index is -0.892. The molecule has 6 nitrogen and oxygen atoms in total. The van der Waals surface area contributed by atoms with Crippen LogP contribution in [0.25, 0.3) is 11.1 Å². The summed E-state index contributed by atoms with van der Waals surface area (Å²) in [5, 5.41) is 0. The molecule has 188 valence electrons. The summed E-state index contributed by atoms with van der Waals surface area (Å²) in [6, 6.07) is 8.60. The Balaban J connectivity index is 1.30. The van der Waals surface area contributed by atoms with Gasteiger partial charge < -0.3 is 19.1 Å². The Morgan fingerprint density at radius 1 is 1.14 bits per heavy atom. The number of carbonyl (C=O) groups is 1. The van der Waals surface area contributed by atoms with Gasteiger partial charge in [-0.1, -0.05) is 12.5 Å². The number of carbonyl (C=O) groups excluding carboxylic acids is 1. The van der Waals surface area contributed by atoms with Crippen LogP contribution in [-0.4, -0.2) is 67.9 Å². The van der Waals surface area contributed by atoms with Crippen molar-refractivity contribution in [2.75, 3.05) is 40.4 Å². The van der Waals surface area contributed by atoms with E-state index in [-0.39, 0.29) is 13.2 Å². The molecule has 2 fully saturated rings. The number of likely N-dealkylation sites (tertiary alicyclic amines) is 1. The maximum absolute atomic E-state index is 14.9. The summed E-state index contributed by atoms with van der Waals surface area (Å²) in [4.78, 5) is 16.3. The molecule has 3 aliphatic rings. The average Bonchev–Trinajstić information content (AvgIpc) is 2.82. The molecule has 2 aromatic carbocycles. The number of benzene rings is 2. The van der Waals surface area contributed by atoms with E-state index in [1.165, 1.54) is 50.5 Å². The van der Waals surface area contributed by atoms with Gasteiger partial charge in [-0.3, -0.25) is 9.69 Å². The third-order valence-corrected chi connectivity index (χ3v) is 7.56. The summed E-state index contributed by atoms with van der Waals surface area (Å²) in [7, 11) is 2.99. The molecule has 1 saturated carbocycles. The van der Waals surface area contributed by atoms with Crippen molar-refractivity contribution >= 4 is 5.91 Å². The highest BCUT2D eigenvalue weighted by Gasteiger charge is 2.42. The second-order valence-electron chi connectivity index (χ2n) is 9.78. The molecule has 0 atom stereocenters. The summed E-state index contributed by atoms with van der Waals surface area (Å²) in [5.41, 5.74) is 1.27. The van der Waals surface area contributed by atoms with Crippen LogP contribution < -0.4 is 4.74 Å². The SMILES string of the molecule is COCCN(C)C(=O)c1c(F)cc(-c2ccc3c(c2)COC2(CCN(C4CCC4)CC2)O3)cc1F. The quantitative estimate of drug-likeness (QED) is 0.597. The Labute approximate surface area is 204 Å². The van der Waals surface area contributed by atoms with Gasteiger partial charge in [-0.15, -0.1) is 0 Å². The minimum Gasteiger partial charge on any atom is -0.462 e. The van der Waals surface area contributed by atoms with E-state index in [9.17, 15) is 13.6 Å². The number of amides is 1. The molecule has 0 aromatic heterocycles. The lowest BCUT2D eigenvalue weighted by Gasteiger charge is -2.47. The fourth-order valence-electron chi connectivity index (χ4n) is 5.10. The molecule has 1 aliphatic carbocycles. The second kappa shape index (κ2) is 9.84. The van der Waals surface area contributed by atoms with Crippen LogP contribution in [0.3, 0.4) is 0 Å². The number of halogens is 2. The fraction of sp³-hybridized carbons (Fsp3) is 0.519. The van der Waals surface area contributed by atoms with Crippen molar-refractivity contribution in [2.24, 2.45) is 0 Å². The number of piperidine rings is 1. The lowest BCUT2D eigenvalue weighted by Crippen LogP contribution is -2.54. The maximum Gasteiger partial charge on any atom is 0.259 e. The van der Waals surface area contributed by atoms with Crippen LogP contribution in [0.1, 0.15) is 48.0 Å². The highest BCUT2D eigenvalue weighted by Crippen LogP contribution is 2.40. The molecule has 0 N–H and O–H groups in total. The van der Waals surface area contributed by atoms with Crippen LogP contribution in [0, 0.1) is 11.6 Å². The Bertz CT molecular complexity index is 1070. The number of methoxy groups -OCH3 is 1. The Morgan fingerprint density at radius 2 is 1.86 bits per heavy atom. The van der Waals surface area contributed by atoms with Gasteiger partial charge in [0.25, 0.3) is 5.91 Å². The van der Waals surface area contributed by atoms with Crippen LogP contribution in [0.15, 0.2) is 30.3 Å². The molecular weight excluding hydrogens is 454 g/mol. The van der Waals surface area contributed by atoms with Gasteiger partial charge in [-0.2, -0.15) is 0 Å². The van der Waals surface area contributed by atoms with E-state index in [1.54, 1.807) is 6.07 Å². The zero-order valence-electron chi connectivity index (χ0n) is 20.3. The van der Waals surface area contributed by atoms with E-state index in [4.69, 9.17) is 14.2 Å². The Kier molecular flexibility index (Phi) is 6.79. The van der Waals surface area contributed by atoms with Gasteiger partial charge in [0, 0.05) is 58.2 Å². The van der Waals surface area contributed by atoms with Gasteiger partial charge in [0.2, 0.25) is 5.79 Å². The first-order valence-corrected chi connectivity index (χ1v) is 12.3. The van der Waals surface area contributed by atoms with Crippen molar-refractivity contribution in [1.29, 1.82) is 0 Å². The van der Waals surface area contributed by atoms with Crippen molar-refractivity contribution < 1.29 is 27.8 Å². The van der Waals surface area contributed by atoms with Crippen LogP contribution in [0.5, 0.6) is 5.75 Å². The first kappa shape index (κ1) is 24.2. The monoisotopic (exact) mass is 486 g/mol. The molecule has 2 heterocycles. The third-order valence-electron chi connectivity index (χ3n) is 7.56.